The molecule has 0 radical (unpaired) electrons. The highest BCUT2D eigenvalue weighted by molar-refractivity contribution is 6.10. The van der Waals surface area contributed by atoms with Crippen molar-refractivity contribution < 1.29 is 14.4 Å². The zero-order valence-corrected chi connectivity index (χ0v) is 16.1. The predicted octanol–water partition coefficient (Wildman–Crippen LogP) is 1.65. The molecule has 3 aromatic rings. The van der Waals surface area contributed by atoms with Gasteiger partial charge in [0.1, 0.15) is 19.2 Å². The van der Waals surface area contributed by atoms with Gasteiger partial charge in [-0.15, -0.1) is 0 Å². The van der Waals surface area contributed by atoms with Crippen LogP contribution >= 0.6 is 0 Å². The minimum Gasteiger partial charge on any atom is -0.352 e. The van der Waals surface area contributed by atoms with Crippen molar-refractivity contribution in [2.45, 2.75) is 19.4 Å². The maximum atomic E-state index is 12.6. The lowest BCUT2D eigenvalue weighted by molar-refractivity contribution is -0.125. The average molecular weight is 404 g/mol. The highest BCUT2D eigenvalue weighted by Crippen LogP contribution is 2.29. The zero-order chi connectivity index (χ0) is 20.9. The number of nitrogens with one attached hydrogen (secondary N) is 2. The molecule has 1 aliphatic heterocycles. The number of fused-ring (bicyclic) bond motifs is 1. The zero-order valence-electron chi connectivity index (χ0n) is 16.1. The van der Waals surface area contributed by atoms with E-state index in [9.17, 15) is 14.4 Å². The van der Waals surface area contributed by atoms with Crippen LogP contribution in [0.25, 0.3) is 5.69 Å². The Hall–Kier alpha value is -4.01. The molecule has 9 heteroatoms. The van der Waals surface area contributed by atoms with Crippen LogP contribution in [0, 0.1) is 0 Å². The van der Waals surface area contributed by atoms with Crippen molar-refractivity contribution in [2.75, 3.05) is 16.8 Å². The number of nitrogens with zero attached hydrogens (tertiary/aromatic N) is 4. The molecule has 1 aliphatic rings. The van der Waals surface area contributed by atoms with Crippen molar-refractivity contribution in [3.8, 4) is 5.69 Å². The molecule has 0 unspecified atom stereocenters. The smallest absolute Gasteiger partial charge is 0.244 e. The highest BCUT2D eigenvalue weighted by atomic mass is 16.2. The molecule has 3 amide bonds. The monoisotopic (exact) mass is 404 g/mol. The van der Waals surface area contributed by atoms with Crippen LogP contribution in [0.15, 0.2) is 61.2 Å². The Balaban J connectivity index is 1.28. The van der Waals surface area contributed by atoms with Crippen LogP contribution in [0.1, 0.15) is 18.4 Å². The standard InChI is InChI=1S/C21H20N6O3/c28-19(23-11-15-5-7-16(8-6-15)27-14-22-13-24-27)9-10-21(30)26-12-20(29)25-17-3-1-2-4-18(17)26/h1-8,13-14H,9-12H2,(H,23,28)(H,25,29). The average Bonchev–Trinajstić information content (AvgIpc) is 3.30. The molecule has 2 aromatic carbocycles. The molecule has 1 aromatic heterocycles. The number of amides is 3. The first-order valence-corrected chi connectivity index (χ1v) is 9.50. The van der Waals surface area contributed by atoms with Crippen molar-refractivity contribution in [1.29, 1.82) is 0 Å². The van der Waals surface area contributed by atoms with Crippen LogP contribution in [-0.4, -0.2) is 39.0 Å². The summed E-state index contributed by atoms with van der Waals surface area (Å²) in [6.45, 7) is 0.315. The lowest BCUT2D eigenvalue weighted by Gasteiger charge is -2.29. The molecule has 2 N–H and O–H groups in total. The fourth-order valence-electron chi connectivity index (χ4n) is 3.21. The maximum Gasteiger partial charge on any atom is 0.244 e. The first kappa shape index (κ1) is 19.3. The van der Waals surface area contributed by atoms with Gasteiger partial charge in [-0.2, -0.15) is 5.10 Å². The maximum absolute atomic E-state index is 12.6. The molecule has 0 fully saturated rings. The number of carbonyl (C=O) groups excluding carboxylic acids is 3. The topological polar surface area (TPSA) is 109 Å². The predicted molar refractivity (Wildman–Crippen MR) is 110 cm³/mol. The Labute approximate surface area is 172 Å². The number of para-hydroxylation sites is 2. The number of benzene rings is 2. The van der Waals surface area contributed by atoms with E-state index in [-0.39, 0.29) is 37.1 Å². The summed E-state index contributed by atoms with van der Waals surface area (Å²) in [5.41, 5.74) is 3.05. The summed E-state index contributed by atoms with van der Waals surface area (Å²) in [6, 6.07) is 14.7. The summed E-state index contributed by atoms with van der Waals surface area (Å²) < 4.78 is 1.65. The minimum absolute atomic E-state index is 0.0265. The van der Waals surface area contributed by atoms with Gasteiger partial charge in [-0.05, 0) is 29.8 Å². The molecule has 0 saturated carbocycles. The SMILES string of the molecule is O=C(CCC(=O)N1CC(=O)Nc2ccccc21)NCc1ccc(-n2cncn2)cc1. The van der Waals surface area contributed by atoms with Crippen LogP contribution < -0.4 is 15.5 Å². The molecular formula is C21H20N6O3. The van der Waals surface area contributed by atoms with E-state index in [0.29, 0.717) is 17.9 Å². The molecule has 0 spiro atoms. The van der Waals surface area contributed by atoms with Crippen LogP contribution in [0.2, 0.25) is 0 Å². The van der Waals surface area contributed by atoms with Crippen LogP contribution in [0.4, 0.5) is 11.4 Å². The number of rotatable bonds is 6. The largest absolute Gasteiger partial charge is 0.352 e. The van der Waals surface area contributed by atoms with Gasteiger partial charge in [0, 0.05) is 19.4 Å². The van der Waals surface area contributed by atoms with Crippen LogP contribution in [-0.2, 0) is 20.9 Å². The van der Waals surface area contributed by atoms with E-state index in [1.165, 1.54) is 11.2 Å². The summed E-state index contributed by atoms with van der Waals surface area (Å²) >= 11 is 0. The second kappa shape index (κ2) is 8.56. The van der Waals surface area contributed by atoms with E-state index >= 15 is 0 Å². The van der Waals surface area contributed by atoms with Crippen molar-refractivity contribution >= 4 is 29.1 Å². The molecular weight excluding hydrogens is 384 g/mol. The van der Waals surface area contributed by atoms with Gasteiger partial charge in [0.2, 0.25) is 17.7 Å². The minimum atomic E-state index is -0.260. The van der Waals surface area contributed by atoms with Crippen molar-refractivity contribution in [1.82, 2.24) is 20.1 Å². The molecule has 4 rings (SSSR count). The number of aromatic nitrogens is 3. The van der Waals surface area contributed by atoms with Gasteiger partial charge >= 0.3 is 0 Å². The first-order valence-electron chi connectivity index (χ1n) is 9.50. The van der Waals surface area contributed by atoms with Crippen LogP contribution in [0.5, 0.6) is 0 Å². The van der Waals surface area contributed by atoms with Gasteiger partial charge in [0.05, 0.1) is 17.1 Å². The molecule has 2 heterocycles. The second-order valence-electron chi connectivity index (χ2n) is 6.83. The Morgan fingerprint density at radius 1 is 1.07 bits per heavy atom. The molecule has 9 nitrogen and oxygen atoms in total. The normalized spacial score (nSPS) is 12.8. The first-order chi connectivity index (χ1) is 14.6. The van der Waals surface area contributed by atoms with Gasteiger partial charge in [-0.1, -0.05) is 24.3 Å². The molecule has 0 saturated heterocycles. The second-order valence-corrected chi connectivity index (χ2v) is 6.83. The number of carbonyl (C=O) groups is 3. The Bertz CT molecular complexity index is 1060. The Morgan fingerprint density at radius 3 is 2.63 bits per heavy atom. The van der Waals surface area contributed by atoms with Crippen LogP contribution in [0.3, 0.4) is 0 Å². The van der Waals surface area contributed by atoms with Gasteiger partial charge in [0.15, 0.2) is 0 Å². The summed E-state index contributed by atoms with van der Waals surface area (Å²) in [5.74, 6) is -0.732. The lowest BCUT2D eigenvalue weighted by atomic mass is 10.1. The van der Waals surface area contributed by atoms with Crippen molar-refractivity contribution in [3.63, 3.8) is 0 Å². The number of hydrogen-bond acceptors (Lipinski definition) is 5. The van der Waals surface area contributed by atoms with E-state index in [2.05, 4.69) is 20.7 Å². The van der Waals surface area contributed by atoms with Gasteiger partial charge in [-0.25, -0.2) is 9.67 Å². The van der Waals surface area contributed by atoms with E-state index in [4.69, 9.17) is 0 Å². The number of hydrogen-bond donors (Lipinski definition) is 2. The molecule has 0 bridgehead atoms. The van der Waals surface area contributed by atoms with Crippen molar-refractivity contribution in [2.24, 2.45) is 0 Å². The summed E-state index contributed by atoms with van der Waals surface area (Å²) in [6.07, 6.45) is 3.15. The van der Waals surface area contributed by atoms with E-state index in [1.807, 2.05) is 24.3 Å². The van der Waals surface area contributed by atoms with Gasteiger partial charge < -0.3 is 15.5 Å². The quantitative estimate of drug-likeness (QED) is 0.649. The third kappa shape index (κ3) is 4.35. The molecule has 30 heavy (non-hydrogen) atoms. The van der Waals surface area contributed by atoms with Crippen molar-refractivity contribution in [3.05, 3.63) is 66.7 Å². The Morgan fingerprint density at radius 2 is 1.87 bits per heavy atom. The fourth-order valence-corrected chi connectivity index (χ4v) is 3.21. The summed E-state index contributed by atoms with van der Waals surface area (Å²) in [7, 11) is 0. The lowest BCUT2D eigenvalue weighted by Crippen LogP contribution is -2.42. The summed E-state index contributed by atoms with van der Waals surface area (Å²) in [5, 5.41) is 9.62. The summed E-state index contributed by atoms with van der Waals surface area (Å²) in [4.78, 5) is 41.9. The highest BCUT2D eigenvalue weighted by Gasteiger charge is 2.26. The third-order valence-electron chi connectivity index (χ3n) is 4.75. The fraction of sp³-hybridized carbons (Fsp3) is 0.190. The molecule has 0 aliphatic carbocycles. The molecule has 0 atom stereocenters. The molecule has 152 valence electrons. The van der Waals surface area contributed by atoms with E-state index in [1.54, 1.807) is 35.3 Å². The van der Waals surface area contributed by atoms with E-state index < -0.39 is 0 Å². The Kier molecular flexibility index (Phi) is 5.51. The van der Waals surface area contributed by atoms with E-state index in [0.717, 1.165) is 11.3 Å². The van der Waals surface area contributed by atoms with Gasteiger partial charge in [-0.3, -0.25) is 14.4 Å². The van der Waals surface area contributed by atoms with Gasteiger partial charge in [0.25, 0.3) is 0 Å². The number of anilines is 2. The third-order valence-corrected chi connectivity index (χ3v) is 4.75.